The molecule has 4 nitrogen and oxygen atoms in total. The van der Waals surface area contributed by atoms with Gasteiger partial charge < -0.3 is 10.1 Å². The van der Waals surface area contributed by atoms with Crippen LogP contribution < -0.4 is 5.32 Å². The molecule has 1 aromatic rings. The minimum absolute atomic E-state index is 0.359. The Hall–Kier alpha value is -1.58. The molecule has 0 unspecified atom stereocenters. The minimum Gasteiger partial charge on any atom is -0.455 e. The van der Waals surface area contributed by atoms with Crippen molar-refractivity contribution in [3.05, 3.63) is 23.5 Å². The SMILES string of the molecule is CC(C)(C)OC(=O)c1ccc2c(n1)CCN2. The van der Waals surface area contributed by atoms with Crippen LogP contribution in [0.1, 0.15) is 37.0 Å². The summed E-state index contributed by atoms with van der Waals surface area (Å²) < 4.78 is 5.26. The van der Waals surface area contributed by atoms with Crippen LogP contribution in [0.25, 0.3) is 0 Å². The van der Waals surface area contributed by atoms with Gasteiger partial charge in [-0.1, -0.05) is 0 Å². The van der Waals surface area contributed by atoms with Gasteiger partial charge in [-0.3, -0.25) is 0 Å². The summed E-state index contributed by atoms with van der Waals surface area (Å²) in [6.07, 6.45) is 0.867. The third-order valence-corrected chi connectivity index (χ3v) is 2.26. The zero-order chi connectivity index (χ0) is 11.8. The number of nitrogens with one attached hydrogen (secondary N) is 1. The maximum absolute atomic E-state index is 11.8. The quantitative estimate of drug-likeness (QED) is 0.735. The van der Waals surface area contributed by atoms with Gasteiger partial charge in [0, 0.05) is 13.0 Å². The predicted molar refractivity (Wildman–Crippen MR) is 61.6 cm³/mol. The first-order chi connectivity index (χ1) is 7.46. The van der Waals surface area contributed by atoms with E-state index in [0.29, 0.717) is 5.69 Å². The maximum atomic E-state index is 11.8. The fourth-order valence-corrected chi connectivity index (χ4v) is 1.61. The topological polar surface area (TPSA) is 51.2 Å². The zero-order valence-electron chi connectivity index (χ0n) is 9.83. The van der Waals surface area contributed by atoms with Crippen molar-refractivity contribution >= 4 is 11.7 Å². The summed E-state index contributed by atoms with van der Waals surface area (Å²) in [7, 11) is 0. The summed E-state index contributed by atoms with van der Waals surface area (Å²) in [5.74, 6) is -0.359. The molecule has 0 aliphatic carbocycles. The lowest BCUT2D eigenvalue weighted by Gasteiger charge is -2.19. The molecule has 2 rings (SSSR count). The van der Waals surface area contributed by atoms with Gasteiger partial charge in [-0.25, -0.2) is 9.78 Å². The van der Waals surface area contributed by atoms with Gasteiger partial charge >= 0.3 is 5.97 Å². The van der Waals surface area contributed by atoms with Gasteiger partial charge in [-0.2, -0.15) is 0 Å². The van der Waals surface area contributed by atoms with E-state index < -0.39 is 5.60 Å². The van der Waals surface area contributed by atoms with E-state index in [0.717, 1.165) is 24.3 Å². The smallest absolute Gasteiger partial charge is 0.357 e. The van der Waals surface area contributed by atoms with Crippen molar-refractivity contribution in [1.82, 2.24) is 4.98 Å². The van der Waals surface area contributed by atoms with Gasteiger partial charge in [-0.05, 0) is 32.9 Å². The lowest BCUT2D eigenvalue weighted by Crippen LogP contribution is -2.24. The molecule has 4 heteroatoms. The Morgan fingerprint density at radius 2 is 2.19 bits per heavy atom. The van der Waals surface area contributed by atoms with E-state index in [2.05, 4.69) is 10.3 Å². The summed E-state index contributed by atoms with van der Waals surface area (Å²) in [4.78, 5) is 16.1. The molecule has 1 aliphatic rings. The van der Waals surface area contributed by atoms with E-state index >= 15 is 0 Å². The molecule has 0 saturated heterocycles. The standard InChI is InChI=1S/C12H16N2O2/c1-12(2,3)16-11(15)10-5-4-8-9(14-10)6-7-13-8/h4-5,13H,6-7H2,1-3H3. The Kier molecular flexibility index (Phi) is 2.58. The number of hydrogen-bond donors (Lipinski definition) is 1. The number of rotatable bonds is 1. The largest absolute Gasteiger partial charge is 0.455 e. The number of fused-ring (bicyclic) bond motifs is 1. The molecule has 0 fully saturated rings. The fraction of sp³-hybridized carbons (Fsp3) is 0.500. The molecule has 0 bridgehead atoms. The number of pyridine rings is 1. The molecule has 0 amide bonds. The Morgan fingerprint density at radius 3 is 2.88 bits per heavy atom. The van der Waals surface area contributed by atoms with Crippen molar-refractivity contribution in [3.8, 4) is 0 Å². The van der Waals surface area contributed by atoms with E-state index in [1.807, 2.05) is 26.8 Å². The molecule has 16 heavy (non-hydrogen) atoms. The zero-order valence-corrected chi connectivity index (χ0v) is 9.83. The molecule has 2 heterocycles. The summed E-state index contributed by atoms with van der Waals surface area (Å²) >= 11 is 0. The van der Waals surface area contributed by atoms with Crippen LogP contribution >= 0.6 is 0 Å². The van der Waals surface area contributed by atoms with Gasteiger partial charge in [0.05, 0.1) is 11.4 Å². The van der Waals surface area contributed by atoms with Crippen LogP contribution in [0.3, 0.4) is 0 Å². The van der Waals surface area contributed by atoms with Crippen molar-refractivity contribution in [2.45, 2.75) is 32.8 Å². The minimum atomic E-state index is -0.476. The lowest BCUT2D eigenvalue weighted by molar-refractivity contribution is 0.00627. The monoisotopic (exact) mass is 220 g/mol. The number of anilines is 1. The number of ether oxygens (including phenoxy) is 1. The van der Waals surface area contributed by atoms with Gasteiger partial charge in [0.25, 0.3) is 0 Å². The predicted octanol–water partition coefficient (Wildman–Crippen LogP) is 2.00. The van der Waals surface area contributed by atoms with Crippen molar-refractivity contribution < 1.29 is 9.53 Å². The Labute approximate surface area is 95.0 Å². The van der Waals surface area contributed by atoms with Crippen LogP contribution in [-0.2, 0) is 11.2 Å². The lowest BCUT2D eigenvalue weighted by atomic mass is 10.2. The number of aromatic nitrogens is 1. The van der Waals surface area contributed by atoms with Crippen LogP contribution in [-0.4, -0.2) is 23.1 Å². The van der Waals surface area contributed by atoms with Crippen LogP contribution in [0.15, 0.2) is 12.1 Å². The van der Waals surface area contributed by atoms with E-state index in [4.69, 9.17) is 4.74 Å². The third kappa shape index (κ3) is 2.32. The number of hydrogen-bond acceptors (Lipinski definition) is 4. The molecular weight excluding hydrogens is 204 g/mol. The number of carbonyl (C=O) groups excluding carboxylic acids is 1. The van der Waals surface area contributed by atoms with E-state index in [1.54, 1.807) is 6.07 Å². The Bertz CT molecular complexity index is 422. The molecule has 1 aromatic heterocycles. The van der Waals surface area contributed by atoms with Crippen molar-refractivity contribution in [2.24, 2.45) is 0 Å². The Morgan fingerprint density at radius 1 is 1.44 bits per heavy atom. The first kappa shape index (κ1) is 10.9. The second kappa shape index (κ2) is 3.77. The van der Waals surface area contributed by atoms with Crippen LogP contribution in [0.2, 0.25) is 0 Å². The molecule has 0 radical (unpaired) electrons. The molecule has 0 saturated carbocycles. The van der Waals surface area contributed by atoms with Gasteiger partial charge in [0.15, 0.2) is 0 Å². The highest BCUT2D eigenvalue weighted by atomic mass is 16.6. The van der Waals surface area contributed by atoms with Gasteiger partial charge in [0.2, 0.25) is 0 Å². The van der Waals surface area contributed by atoms with Crippen molar-refractivity contribution in [3.63, 3.8) is 0 Å². The number of nitrogens with zero attached hydrogens (tertiary/aromatic N) is 1. The maximum Gasteiger partial charge on any atom is 0.357 e. The van der Waals surface area contributed by atoms with Crippen molar-refractivity contribution in [2.75, 3.05) is 11.9 Å². The van der Waals surface area contributed by atoms with Gasteiger partial charge in [-0.15, -0.1) is 0 Å². The summed E-state index contributed by atoms with van der Waals surface area (Å²) in [6, 6.07) is 3.58. The highest BCUT2D eigenvalue weighted by Crippen LogP contribution is 2.20. The summed E-state index contributed by atoms with van der Waals surface area (Å²) in [5, 5.41) is 3.20. The molecular formula is C12H16N2O2. The average molecular weight is 220 g/mol. The van der Waals surface area contributed by atoms with Crippen LogP contribution in [0.4, 0.5) is 5.69 Å². The molecule has 0 atom stereocenters. The van der Waals surface area contributed by atoms with E-state index in [-0.39, 0.29) is 5.97 Å². The van der Waals surface area contributed by atoms with E-state index in [1.165, 1.54) is 0 Å². The summed E-state index contributed by atoms with van der Waals surface area (Å²) in [6.45, 7) is 6.43. The van der Waals surface area contributed by atoms with Gasteiger partial charge in [0.1, 0.15) is 11.3 Å². The average Bonchev–Trinajstić information content (AvgIpc) is 2.61. The molecule has 0 spiro atoms. The first-order valence-corrected chi connectivity index (χ1v) is 5.43. The highest BCUT2D eigenvalue weighted by molar-refractivity contribution is 5.88. The van der Waals surface area contributed by atoms with E-state index in [9.17, 15) is 4.79 Å². The number of carbonyl (C=O) groups is 1. The summed E-state index contributed by atoms with van der Waals surface area (Å²) in [5.41, 5.74) is 1.88. The highest BCUT2D eigenvalue weighted by Gasteiger charge is 2.20. The first-order valence-electron chi connectivity index (χ1n) is 5.43. The van der Waals surface area contributed by atoms with Crippen LogP contribution in [0, 0.1) is 0 Å². The van der Waals surface area contributed by atoms with Crippen LogP contribution in [0.5, 0.6) is 0 Å². The van der Waals surface area contributed by atoms with Crippen molar-refractivity contribution in [1.29, 1.82) is 0 Å². The molecule has 1 aliphatic heterocycles. The number of esters is 1. The normalized spacial score (nSPS) is 14.2. The second-order valence-corrected chi connectivity index (χ2v) is 4.87. The molecule has 86 valence electrons. The third-order valence-electron chi connectivity index (χ3n) is 2.26. The molecule has 0 aromatic carbocycles. The molecule has 1 N–H and O–H groups in total. The second-order valence-electron chi connectivity index (χ2n) is 4.87. The Balaban J connectivity index is 2.19. The fourth-order valence-electron chi connectivity index (χ4n) is 1.61.